The maximum Gasteiger partial charge on any atom is 0.165 e. The summed E-state index contributed by atoms with van der Waals surface area (Å²) in [5.41, 5.74) is 0.717. The number of nitrogens with zero attached hydrogens (tertiary/aromatic N) is 2. The molecule has 4 nitrogen and oxygen atoms in total. The van der Waals surface area contributed by atoms with Gasteiger partial charge in [0, 0.05) is 6.04 Å². The van der Waals surface area contributed by atoms with Crippen molar-refractivity contribution in [3.05, 3.63) is 11.8 Å². The van der Waals surface area contributed by atoms with Crippen molar-refractivity contribution in [3.63, 3.8) is 0 Å². The number of nitrogens with one attached hydrogen (secondary N) is 1. The van der Waals surface area contributed by atoms with E-state index in [1.807, 2.05) is 4.68 Å². The molecule has 20 heavy (non-hydrogen) atoms. The molecule has 0 aromatic carbocycles. The minimum Gasteiger partial charge on any atom is -0.367 e. The molecule has 0 spiro atoms. The summed E-state index contributed by atoms with van der Waals surface area (Å²) in [6.07, 6.45) is 9.52. The number of aromatic nitrogens is 2. The summed E-state index contributed by atoms with van der Waals surface area (Å²) in [5, 5.41) is 8.08. The lowest BCUT2D eigenvalue weighted by atomic mass is 9.78. The maximum atomic E-state index is 11.8. The third kappa shape index (κ3) is 2.25. The van der Waals surface area contributed by atoms with Crippen LogP contribution in [0, 0.1) is 5.92 Å². The molecular formula is C16H25N3O. The summed E-state index contributed by atoms with van der Waals surface area (Å²) in [6, 6.07) is 0.479. The molecule has 1 N–H and O–H groups in total. The van der Waals surface area contributed by atoms with E-state index in [-0.39, 0.29) is 11.3 Å². The molecule has 1 unspecified atom stereocenters. The lowest BCUT2D eigenvalue weighted by molar-refractivity contribution is 0.101. The molecular weight excluding hydrogens is 250 g/mol. The van der Waals surface area contributed by atoms with Crippen molar-refractivity contribution in [2.45, 2.75) is 70.9 Å². The Kier molecular flexibility index (Phi) is 3.35. The van der Waals surface area contributed by atoms with Crippen molar-refractivity contribution < 1.29 is 4.79 Å². The molecule has 1 aliphatic heterocycles. The molecule has 1 fully saturated rings. The Labute approximate surface area is 120 Å². The van der Waals surface area contributed by atoms with Gasteiger partial charge in [-0.15, -0.1) is 0 Å². The van der Waals surface area contributed by atoms with E-state index in [1.54, 1.807) is 13.1 Å². The zero-order valence-corrected chi connectivity index (χ0v) is 12.8. The number of hydrogen-bond acceptors (Lipinski definition) is 3. The van der Waals surface area contributed by atoms with E-state index >= 15 is 0 Å². The Bertz CT molecular complexity index is 512. The van der Waals surface area contributed by atoms with Gasteiger partial charge in [0.2, 0.25) is 0 Å². The quantitative estimate of drug-likeness (QED) is 0.839. The fourth-order valence-electron chi connectivity index (χ4n) is 3.88. The number of carbonyl (C=O) groups excluding carboxylic acids is 1. The second-order valence-electron chi connectivity index (χ2n) is 7.04. The second-order valence-corrected chi connectivity index (χ2v) is 7.04. The van der Waals surface area contributed by atoms with Gasteiger partial charge in [0.05, 0.1) is 17.3 Å². The van der Waals surface area contributed by atoms with Crippen LogP contribution in [0.4, 0.5) is 5.82 Å². The van der Waals surface area contributed by atoms with Gasteiger partial charge >= 0.3 is 0 Å². The largest absolute Gasteiger partial charge is 0.367 e. The average molecular weight is 275 g/mol. The number of carbonyl (C=O) groups is 1. The van der Waals surface area contributed by atoms with Crippen LogP contribution < -0.4 is 5.32 Å². The zero-order valence-electron chi connectivity index (χ0n) is 12.8. The summed E-state index contributed by atoms with van der Waals surface area (Å²) < 4.78 is 2.00. The zero-order chi connectivity index (χ0) is 14.3. The molecule has 1 aromatic rings. The molecule has 0 saturated heterocycles. The van der Waals surface area contributed by atoms with E-state index in [1.165, 1.54) is 32.1 Å². The standard InChI is InChI=1S/C16H25N3O/c1-11(20)13-10-17-19-15(13)18-14(9-16(19,2)3)12-7-5-4-6-8-12/h10,12,14,18H,4-9H2,1-3H3. The highest BCUT2D eigenvalue weighted by Gasteiger charge is 2.38. The molecule has 1 saturated carbocycles. The van der Waals surface area contributed by atoms with Gasteiger partial charge in [0.15, 0.2) is 5.78 Å². The van der Waals surface area contributed by atoms with Crippen LogP contribution in [0.15, 0.2) is 6.20 Å². The van der Waals surface area contributed by atoms with Gasteiger partial charge in [-0.25, -0.2) is 4.68 Å². The van der Waals surface area contributed by atoms with Gasteiger partial charge in [0.1, 0.15) is 5.82 Å². The van der Waals surface area contributed by atoms with Crippen molar-refractivity contribution in [1.29, 1.82) is 0 Å². The van der Waals surface area contributed by atoms with Crippen LogP contribution in [-0.2, 0) is 5.54 Å². The van der Waals surface area contributed by atoms with Gasteiger partial charge < -0.3 is 5.32 Å². The highest BCUT2D eigenvalue weighted by atomic mass is 16.1. The lowest BCUT2D eigenvalue weighted by Gasteiger charge is -2.42. The van der Waals surface area contributed by atoms with Crippen LogP contribution in [0.25, 0.3) is 0 Å². The first-order valence-electron chi connectivity index (χ1n) is 7.85. The van der Waals surface area contributed by atoms with Gasteiger partial charge in [-0.05, 0) is 46.0 Å². The van der Waals surface area contributed by atoms with Crippen molar-refractivity contribution in [2.24, 2.45) is 5.92 Å². The number of Topliss-reactive ketones (excluding diaryl/α,β-unsaturated/α-hetero) is 1. The third-order valence-electron chi connectivity index (χ3n) is 4.98. The molecule has 2 aliphatic rings. The van der Waals surface area contributed by atoms with Crippen LogP contribution in [0.5, 0.6) is 0 Å². The van der Waals surface area contributed by atoms with E-state index in [0.29, 0.717) is 6.04 Å². The SMILES string of the molecule is CC(=O)c1cnn2c1NC(C1CCCCC1)CC2(C)C. The summed E-state index contributed by atoms with van der Waals surface area (Å²) in [5.74, 6) is 1.77. The fraction of sp³-hybridized carbons (Fsp3) is 0.750. The Balaban J connectivity index is 1.92. The molecule has 3 rings (SSSR count). The van der Waals surface area contributed by atoms with Crippen molar-refractivity contribution >= 4 is 11.6 Å². The van der Waals surface area contributed by atoms with Crippen LogP contribution >= 0.6 is 0 Å². The third-order valence-corrected chi connectivity index (χ3v) is 4.98. The van der Waals surface area contributed by atoms with E-state index in [4.69, 9.17) is 0 Å². The predicted octanol–water partition coefficient (Wildman–Crippen LogP) is 3.59. The molecule has 1 aliphatic carbocycles. The highest BCUT2D eigenvalue weighted by molar-refractivity contribution is 5.98. The topological polar surface area (TPSA) is 46.9 Å². The number of hydrogen-bond donors (Lipinski definition) is 1. The number of rotatable bonds is 2. The van der Waals surface area contributed by atoms with Crippen molar-refractivity contribution in [2.75, 3.05) is 5.32 Å². The Morgan fingerprint density at radius 1 is 1.35 bits per heavy atom. The second kappa shape index (κ2) is 4.90. The molecule has 2 heterocycles. The van der Waals surface area contributed by atoms with Crippen LogP contribution in [0.3, 0.4) is 0 Å². The number of anilines is 1. The number of fused-ring (bicyclic) bond motifs is 1. The molecule has 4 heteroatoms. The smallest absolute Gasteiger partial charge is 0.165 e. The van der Waals surface area contributed by atoms with E-state index in [9.17, 15) is 4.79 Å². The molecule has 0 bridgehead atoms. The van der Waals surface area contributed by atoms with Crippen molar-refractivity contribution in [3.8, 4) is 0 Å². The molecule has 110 valence electrons. The Morgan fingerprint density at radius 3 is 2.70 bits per heavy atom. The van der Waals surface area contributed by atoms with Crippen LogP contribution in [0.2, 0.25) is 0 Å². The summed E-state index contributed by atoms with van der Waals surface area (Å²) in [4.78, 5) is 11.8. The van der Waals surface area contributed by atoms with Gasteiger partial charge in [0.25, 0.3) is 0 Å². The first-order chi connectivity index (χ1) is 9.49. The van der Waals surface area contributed by atoms with E-state index in [0.717, 1.165) is 23.7 Å². The summed E-state index contributed by atoms with van der Waals surface area (Å²) in [6.45, 7) is 6.07. The minimum atomic E-state index is -0.0175. The van der Waals surface area contributed by atoms with E-state index in [2.05, 4.69) is 24.3 Å². The highest BCUT2D eigenvalue weighted by Crippen LogP contribution is 2.39. The predicted molar refractivity (Wildman–Crippen MR) is 80.2 cm³/mol. The molecule has 0 radical (unpaired) electrons. The normalized spacial score (nSPS) is 25.9. The van der Waals surface area contributed by atoms with Gasteiger partial charge in [-0.1, -0.05) is 19.3 Å². The first-order valence-corrected chi connectivity index (χ1v) is 7.85. The Morgan fingerprint density at radius 2 is 2.05 bits per heavy atom. The molecule has 0 amide bonds. The molecule has 1 atom stereocenters. The first kappa shape index (κ1) is 13.7. The summed E-state index contributed by atoms with van der Waals surface area (Å²) in [7, 11) is 0. The summed E-state index contributed by atoms with van der Waals surface area (Å²) >= 11 is 0. The number of ketones is 1. The lowest BCUT2D eigenvalue weighted by Crippen LogP contribution is -2.45. The van der Waals surface area contributed by atoms with Crippen molar-refractivity contribution in [1.82, 2.24) is 9.78 Å². The fourth-order valence-corrected chi connectivity index (χ4v) is 3.88. The average Bonchev–Trinajstić information content (AvgIpc) is 2.84. The van der Waals surface area contributed by atoms with Crippen LogP contribution in [0.1, 0.15) is 69.7 Å². The maximum absolute atomic E-state index is 11.8. The van der Waals surface area contributed by atoms with Gasteiger partial charge in [-0.2, -0.15) is 5.10 Å². The monoisotopic (exact) mass is 275 g/mol. The van der Waals surface area contributed by atoms with Crippen LogP contribution in [-0.4, -0.2) is 21.6 Å². The van der Waals surface area contributed by atoms with Gasteiger partial charge in [-0.3, -0.25) is 4.79 Å². The molecule has 1 aromatic heterocycles. The van der Waals surface area contributed by atoms with E-state index < -0.39 is 0 Å². The minimum absolute atomic E-state index is 0.0175. The Hall–Kier alpha value is -1.32.